The highest BCUT2D eigenvalue weighted by atomic mass is 19.1. The Bertz CT molecular complexity index is 1190. The Kier molecular flexibility index (Phi) is 9.45. The number of ketones is 2. The number of aliphatic hydroxyl groups excluding tert-OH is 1. The molecule has 11 heteroatoms. The first-order chi connectivity index (χ1) is 20.2. The second kappa shape index (κ2) is 12.3. The van der Waals surface area contributed by atoms with E-state index in [1.54, 1.807) is 13.8 Å². The summed E-state index contributed by atoms with van der Waals surface area (Å²) < 4.78 is 54.7. The molecular formula is C32H44F2O9. The largest absolute Gasteiger partial charge is 0.509 e. The van der Waals surface area contributed by atoms with Gasteiger partial charge in [0, 0.05) is 22.7 Å². The van der Waals surface area contributed by atoms with Crippen LogP contribution in [0.1, 0.15) is 79.6 Å². The molecular weight excluding hydrogens is 566 g/mol. The third-order valence-corrected chi connectivity index (χ3v) is 10.6. The first-order valence-corrected chi connectivity index (χ1v) is 15.4. The van der Waals surface area contributed by atoms with Crippen molar-refractivity contribution in [3.63, 3.8) is 0 Å². The van der Waals surface area contributed by atoms with Gasteiger partial charge in [-0.25, -0.2) is 18.4 Å². The maximum absolute atomic E-state index is 17.6. The Balaban J connectivity index is 1.73. The number of alkyl halides is 2. The van der Waals surface area contributed by atoms with Crippen LogP contribution in [0.15, 0.2) is 23.8 Å². The van der Waals surface area contributed by atoms with Crippen LogP contribution in [-0.4, -0.2) is 72.3 Å². The van der Waals surface area contributed by atoms with Crippen LogP contribution in [0.5, 0.6) is 0 Å². The summed E-state index contributed by atoms with van der Waals surface area (Å²) in [6, 6.07) is 0. The molecule has 3 saturated carbocycles. The van der Waals surface area contributed by atoms with Gasteiger partial charge in [0.05, 0.1) is 19.3 Å². The first kappa shape index (κ1) is 33.1. The molecule has 0 aromatic rings. The Labute approximate surface area is 251 Å². The van der Waals surface area contributed by atoms with Crippen molar-refractivity contribution in [1.29, 1.82) is 0 Å². The number of allylic oxidation sites excluding steroid dienone is 4. The van der Waals surface area contributed by atoms with Crippen LogP contribution in [0.25, 0.3) is 0 Å². The molecule has 0 amide bonds. The minimum atomic E-state index is -2.37. The van der Waals surface area contributed by atoms with Crippen molar-refractivity contribution in [1.82, 2.24) is 0 Å². The van der Waals surface area contributed by atoms with Crippen molar-refractivity contribution >= 4 is 23.9 Å². The molecule has 4 aliphatic carbocycles. The monoisotopic (exact) mass is 610 g/mol. The van der Waals surface area contributed by atoms with E-state index in [0.717, 1.165) is 18.9 Å². The molecule has 0 spiro atoms. The molecule has 0 aliphatic heterocycles. The lowest BCUT2D eigenvalue weighted by molar-refractivity contribution is -0.226. The van der Waals surface area contributed by atoms with Gasteiger partial charge in [-0.3, -0.25) is 9.59 Å². The van der Waals surface area contributed by atoms with Gasteiger partial charge in [-0.05, 0) is 62.7 Å². The van der Waals surface area contributed by atoms with Crippen LogP contribution in [-0.2, 0) is 28.5 Å². The number of ether oxygens (including phenoxy) is 4. The number of unbranched alkanes of at least 4 members (excludes halogenated alkanes) is 2. The Morgan fingerprint density at radius 3 is 2.26 bits per heavy atom. The Morgan fingerprint density at radius 2 is 1.63 bits per heavy atom. The molecule has 0 aromatic carbocycles. The highest BCUT2D eigenvalue weighted by molar-refractivity contribution is 6.01. The highest BCUT2D eigenvalue weighted by Gasteiger charge is 2.78. The van der Waals surface area contributed by atoms with Crippen molar-refractivity contribution in [3.05, 3.63) is 23.8 Å². The van der Waals surface area contributed by atoms with Gasteiger partial charge in [-0.1, -0.05) is 46.6 Å². The van der Waals surface area contributed by atoms with Crippen molar-refractivity contribution < 1.29 is 52.0 Å². The van der Waals surface area contributed by atoms with Gasteiger partial charge in [0.1, 0.15) is 6.17 Å². The van der Waals surface area contributed by atoms with E-state index in [-0.39, 0.29) is 38.0 Å². The molecule has 4 rings (SSSR count). The smallest absolute Gasteiger partial charge is 0.434 e. The quantitative estimate of drug-likeness (QED) is 0.243. The van der Waals surface area contributed by atoms with E-state index in [1.165, 1.54) is 19.1 Å². The van der Waals surface area contributed by atoms with Crippen LogP contribution in [0, 0.1) is 28.6 Å². The predicted octanol–water partition coefficient (Wildman–Crippen LogP) is 5.77. The fourth-order valence-electron chi connectivity index (χ4n) is 8.43. The normalized spacial score (nSPS) is 39.6. The van der Waals surface area contributed by atoms with Crippen molar-refractivity contribution in [2.45, 2.75) is 103 Å². The second-order valence-electron chi connectivity index (χ2n) is 12.9. The number of carbonyl (C=O) groups excluding carboxylic acids is 4. The van der Waals surface area contributed by atoms with Crippen molar-refractivity contribution in [3.8, 4) is 0 Å². The van der Waals surface area contributed by atoms with E-state index in [1.807, 2.05) is 13.8 Å². The van der Waals surface area contributed by atoms with Gasteiger partial charge in [0.25, 0.3) is 0 Å². The van der Waals surface area contributed by atoms with Gasteiger partial charge in [-0.15, -0.1) is 0 Å². The molecule has 0 unspecified atom stereocenters. The summed E-state index contributed by atoms with van der Waals surface area (Å²) in [5, 5.41) is 11.6. The Hall–Kier alpha value is -2.82. The summed E-state index contributed by atoms with van der Waals surface area (Å²) >= 11 is 0. The number of fused-ring (bicyclic) bond motifs is 5. The molecule has 3 fully saturated rings. The molecule has 240 valence electrons. The summed E-state index contributed by atoms with van der Waals surface area (Å²) in [4.78, 5) is 51.4. The number of carbonyl (C=O) groups is 4. The average molecular weight is 611 g/mol. The Morgan fingerprint density at radius 1 is 1.00 bits per heavy atom. The molecule has 0 radical (unpaired) electrons. The molecule has 9 nitrogen and oxygen atoms in total. The van der Waals surface area contributed by atoms with Crippen LogP contribution in [0.2, 0.25) is 0 Å². The third kappa shape index (κ3) is 5.19. The summed E-state index contributed by atoms with van der Waals surface area (Å²) in [7, 11) is 0. The van der Waals surface area contributed by atoms with Crippen LogP contribution in [0.4, 0.5) is 18.4 Å². The van der Waals surface area contributed by atoms with Gasteiger partial charge in [0.2, 0.25) is 5.78 Å². The average Bonchev–Trinajstić information content (AvgIpc) is 3.16. The van der Waals surface area contributed by atoms with Gasteiger partial charge < -0.3 is 24.1 Å². The van der Waals surface area contributed by atoms with Crippen LogP contribution >= 0.6 is 0 Å². The van der Waals surface area contributed by atoms with E-state index < -0.39 is 82.6 Å². The maximum atomic E-state index is 17.6. The van der Waals surface area contributed by atoms with Crippen molar-refractivity contribution in [2.24, 2.45) is 28.6 Å². The van der Waals surface area contributed by atoms with Gasteiger partial charge in [0.15, 0.2) is 23.7 Å². The van der Waals surface area contributed by atoms with E-state index in [4.69, 9.17) is 18.9 Å². The lowest BCUT2D eigenvalue weighted by atomic mass is 9.44. The SMILES string of the molecule is CCCCOC(=O)OCC(=O)[C@@]1(OC(=O)OCCCC)[C@H](C)C[C@H]2[C@@H]3C[C@H](F)C4=CC(=O)C=C[C@]4(C)[C@@]3(F)[C@@H](O)C[C@@]21C. The molecule has 0 heterocycles. The summed E-state index contributed by atoms with van der Waals surface area (Å²) in [5.41, 5.74) is -7.35. The van der Waals surface area contributed by atoms with Crippen LogP contribution < -0.4 is 0 Å². The standard InChI is InChI=1S/C32H44F2O9/c1-6-8-12-40-27(38)42-18-26(37)32(43-28(39)41-13-9-7-2)19(3)14-21-22-16-24(33)23-15-20(35)10-11-29(23,4)31(22,34)25(36)17-30(21,32)5/h10-11,15,19,21-22,24-25,36H,6-9,12-14,16-18H2,1-5H3/t19-,21+,22+,24+,25+,29+,30+,31+,32+/m1/s1. The highest BCUT2D eigenvalue weighted by Crippen LogP contribution is 2.71. The van der Waals surface area contributed by atoms with E-state index in [9.17, 15) is 24.3 Å². The topological polar surface area (TPSA) is 125 Å². The lowest BCUT2D eigenvalue weighted by Gasteiger charge is -2.63. The zero-order valence-electron chi connectivity index (χ0n) is 25.7. The summed E-state index contributed by atoms with van der Waals surface area (Å²) in [5.74, 6) is -3.75. The fraction of sp³-hybridized carbons (Fsp3) is 0.750. The molecule has 43 heavy (non-hydrogen) atoms. The zero-order chi connectivity index (χ0) is 31.8. The fourth-order valence-corrected chi connectivity index (χ4v) is 8.43. The number of hydrogen-bond donors (Lipinski definition) is 1. The lowest BCUT2D eigenvalue weighted by Crippen LogP contribution is -2.71. The minimum absolute atomic E-state index is 0.0134. The van der Waals surface area contributed by atoms with Crippen molar-refractivity contribution in [2.75, 3.05) is 19.8 Å². The second-order valence-corrected chi connectivity index (χ2v) is 12.9. The summed E-state index contributed by atoms with van der Waals surface area (Å²) in [6.07, 6.45) is 0.323. The molecule has 0 bridgehead atoms. The predicted molar refractivity (Wildman–Crippen MR) is 150 cm³/mol. The molecule has 4 aliphatic rings. The number of hydrogen-bond acceptors (Lipinski definition) is 9. The third-order valence-electron chi connectivity index (χ3n) is 10.6. The summed E-state index contributed by atoms with van der Waals surface area (Å²) in [6.45, 7) is 8.00. The molecule has 1 N–H and O–H groups in total. The first-order valence-electron chi connectivity index (χ1n) is 15.4. The number of Topliss-reactive ketones (excluding diaryl/α,β-unsaturated/α-hetero) is 1. The number of rotatable bonds is 10. The van der Waals surface area contributed by atoms with Crippen LogP contribution in [0.3, 0.4) is 0 Å². The number of halogens is 2. The van der Waals surface area contributed by atoms with E-state index >= 15 is 8.78 Å². The minimum Gasteiger partial charge on any atom is -0.434 e. The number of aliphatic hydroxyl groups is 1. The maximum Gasteiger partial charge on any atom is 0.509 e. The zero-order valence-corrected chi connectivity index (χ0v) is 25.7. The molecule has 9 atom stereocenters. The van der Waals surface area contributed by atoms with Gasteiger partial charge >= 0.3 is 12.3 Å². The molecule has 0 saturated heterocycles. The molecule has 0 aromatic heterocycles. The van der Waals surface area contributed by atoms with E-state index in [0.29, 0.717) is 12.8 Å². The van der Waals surface area contributed by atoms with E-state index in [2.05, 4.69) is 0 Å². The van der Waals surface area contributed by atoms with Gasteiger partial charge in [-0.2, -0.15) is 0 Å².